The van der Waals surface area contributed by atoms with Crippen LogP contribution in [-0.2, 0) is 4.74 Å². The molecule has 2 N–H and O–H groups in total. The standard InChI is InChI=1S/C15H22N2OS/c1-11-6-7-13(15(16)19)14(9-11)17(2)10-12-5-3-4-8-18-12/h6-7,9,12H,3-5,8,10H2,1-2H3,(H2,16,19). The number of rotatable bonds is 4. The van der Waals surface area contributed by atoms with Gasteiger partial charge in [-0.05, 0) is 43.9 Å². The monoisotopic (exact) mass is 278 g/mol. The van der Waals surface area contributed by atoms with Gasteiger partial charge in [-0.1, -0.05) is 18.3 Å². The van der Waals surface area contributed by atoms with Crippen molar-refractivity contribution in [3.8, 4) is 0 Å². The summed E-state index contributed by atoms with van der Waals surface area (Å²) in [5.74, 6) is 0. The average molecular weight is 278 g/mol. The van der Waals surface area contributed by atoms with Gasteiger partial charge in [0.15, 0.2) is 0 Å². The number of hydrogen-bond donors (Lipinski definition) is 1. The number of thiocarbonyl (C=S) groups is 1. The Hall–Kier alpha value is -1.13. The average Bonchev–Trinajstić information content (AvgIpc) is 2.39. The molecule has 104 valence electrons. The molecule has 0 spiro atoms. The van der Waals surface area contributed by atoms with Gasteiger partial charge in [-0.3, -0.25) is 0 Å². The molecule has 0 saturated carbocycles. The van der Waals surface area contributed by atoms with Gasteiger partial charge in [0.25, 0.3) is 0 Å². The highest BCUT2D eigenvalue weighted by atomic mass is 32.1. The maximum atomic E-state index is 5.81. The highest BCUT2D eigenvalue weighted by Gasteiger charge is 2.18. The highest BCUT2D eigenvalue weighted by Crippen LogP contribution is 2.23. The number of aryl methyl sites for hydroxylation is 1. The molecule has 4 heteroatoms. The molecule has 0 bridgehead atoms. The summed E-state index contributed by atoms with van der Waals surface area (Å²) in [6.45, 7) is 3.85. The molecule has 0 radical (unpaired) electrons. The van der Waals surface area contributed by atoms with Gasteiger partial charge in [-0.15, -0.1) is 0 Å². The molecule has 1 fully saturated rings. The van der Waals surface area contributed by atoms with Crippen molar-refractivity contribution in [1.82, 2.24) is 0 Å². The molecule has 1 aromatic carbocycles. The van der Waals surface area contributed by atoms with E-state index in [4.69, 9.17) is 22.7 Å². The summed E-state index contributed by atoms with van der Waals surface area (Å²) < 4.78 is 5.79. The number of nitrogens with two attached hydrogens (primary N) is 1. The van der Waals surface area contributed by atoms with Crippen LogP contribution in [0.2, 0.25) is 0 Å². The number of benzene rings is 1. The third kappa shape index (κ3) is 3.67. The van der Waals surface area contributed by atoms with Crippen LogP contribution in [0.3, 0.4) is 0 Å². The summed E-state index contributed by atoms with van der Waals surface area (Å²) >= 11 is 5.14. The van der Waals surface area contributed by atoms with Crippen LogP contribution in [0.1, 0.15) is 30.4 Å². The van der Waals surface area contributed by atoms with Crippen LogP contribution in [0, 0.1) is 6.92 Å². The third-order valence-electron chi connectivity index (χ3n) is 3.58. The minimum Gasteiger partial charge on any atom is -0.389 e. The molecule has 1 heterocycles. The minimum absolute atomic E-state index is 0.318. The summed E-state index contributed by atoms with van der Waals surface area (Å²) in [6, 6.07) is 6.19. The lowest BCUT2D eigenvalue weighted by Crippen LogP contribution is -2.34. The SMILES string of the molecule is Cc1ccc(C(N)=S)c(N(C)CC2CCCCO2)c1. The van der Waals surface area contributed by atoms with E-state index in [1.54, 1.807) is 0 Å². The Morgan fingerprint density at radius 3 is 2.89 bits per heavy atom. The third-order valence-corrected chi connectivity index (χ3v) is 3.80. The number of hydrogen-bond acceptors (Lipinski definition) is 3. The van der Waals surface area contributed by atoms with E-state index >= 15 is 0 Å². The molecule has 2 rings (SSSR count). The van der Waals surface area contributed by atoms with Crippen molar-refractivity contribution in [1.29, 1.82) is 0 Å². The molecule has 1 atom stereocenters. The quantitative estimate of drug-likeness (QED) is 0.859. The number of likely N-dealkylation sites (N-methyl/N-ethyl adjacent to an activating group) is 1. The molecule has 3 nitrogen and oxygen atoms in total. The first-order valence-corrected chi connectivity index (χ1v) is 7.22. The molecule has 0 aliphatic carbocycles. The topological polar surface area (TPSA) is 38.5 Å². The van der Waals surface area contributed by atoms with Crippen molar-refractivity contribution >= 4 is 22.9 Å². The second-order valence-corrected chi connectivity index (χ2v) is 5.69. The van der Waals surface area contributed by atoms with Crippen LogP contribution in [0.5, 0.6) is 0 Å². The van der Waals surface area contributed by atoms with Gasteiger partial charge in [0.05, 0.1) is 6.10 Å². The van der Waals surface area contributed by atoms with Gasteiger partial charge in [-0.2, -0.15) is 0 Å². The Kier molecular flexibility index (Phi) is 4.77. The predicted molar refractivity (Wildman–Crippen MR) is 83.9 cm³/mol. The lowest BCUT2D eigenvalue weighted by Gasteiger charge is -2.30. The van der Waals surface area contributed by atoms with Crippen LogP contribution in [0.15, 0.2) is 18.2 Å². The van der Waals surface area contributed by atoms with Gasteiger partial charge < -0.3 is 15.4 Å². The van der Waals surface area contributed by atoms with E-state index in [0.717, 1.165) is 30.8 Å². The fourth-order valence-corrected chi connectivity index (χ4v) is 2.69. The largest absolute Gasteiger partial charge is 0.389 e. The summed E-state index contributed by atoms with van der Waals surface area (Å²) in [4.78, 5) is 2.66. The number of nitrogens with zero attached hydrogens (tertiary/aromatic N) is 1. The van der Waals surface area contributed by atoms with E-state index in [-0.39, 0.29) is 0 Å². The van der Waals surface area contributed by atoms with Crippen LogP contribution >= 0.6 is 12.2 Å². The van der Waals surface area contributed by atoms with Crippen molar-refractivity contribution in [2.45, 2.75) is 32.3 Å². The predicted octanol–water partition coefficient (Wildman–Crippen LogP) is 2.63. The van der Waals surface area contributed by atoms with Gasteiger partial charge in [0.1, 0.15) is 4.99 Å². The second-order valence-electron chi connectivity index (χ2n) is 5.25. The number of anilines is 1. The zero-order valence-electron chi connectivity index (χ0n) is 11.7. The minimum atomic E-state index is 0.318. The second kappa shape index (κ2) is 6.35. The maximum Gasteiger partial charge on any atom is 0.106 e. The van der Waals surface area contributed by atoms with Crippen molar-refractivity contribution in [2.24, 2.45) is 5.73 Å². The molecule has 1 unspecified atom stereocenters. The Bertz CT molecular complexity index is 455. The zero-order chi connectivity index (χ0) is 13.8. The molecule has 1 aliphatic rings. The molecule has 1 aliphatic heterocycles. The van der Waals surface area contributed by atoms with Crippen LogP contribution in [0.4, 0.5) is 5.69 Å². The first kappa shape index (κ1) is 14.3. The van der Waals surface area contributed by atoms with E-state index in [2.05, 4.69) is 24.9 Å². The Balaban J connectivity index is 2.14. The van der Waals surface area contributed by atoms with Crippen molar-refractivity contribution in [3.63, 3.8) is 0 Å². The molecule has 1 saturated heterocycles. The normalized spacial score (nSPS) is 19.2. The molecule has 0 amide bonds. The Labute approximate surface area is 120 Å². The first-order chi connectivity index (χ1) is 9.08. The number of ether oxygens (including phenoxy) is 1. The van der Waals surface area contributed by atoms with Gasteiger partial charge in [0.2, 0.25) is 0 Å². The molecule has 19 heavy (non-hydrogen) atoms. The summed E-state index contributed by atoms with van der Waals surface area (Å²) in [6.07, 6.45) is 3.90. The van der Waals surface area contributed by atoms with Crippen LogP contribution < -0.4 is 10.6 Å². The Morgan fingerprint density at radius 1 is 1.47 bits per heavy atom. The molecular weight excluding hydrogens is 256 g/mol. The Morgan fingerprint density at radius 2 is 2.26 bits per heavy atom. The molecular formula is C15H22N2OS. The fourth-order valence-electron chi connectivity index (χ4n) is 2.52. The van der Waals surface area contributed by atoms with E-state index in [1.807, 2.05) is 12.1 Å². The highest BCUT2D eigenvalue weighted by molar-refractivity contribution is 7.80. The summed E-state index contributed by atoms with van der Waals surface area (Å²) in [5, 5.41) is 0. The van der Waals surface area contributed by atoms with Gasteiger partial charge >= 0.3 is 0 Å². The van der Waals surface area contributed by atoms with E-state index in [0.29, 0.717) is 11.1 Å². The van der Waals surface area contributed by atoms with Crippen LogP contribution in [-0.4, -0.2) is 31.3 Å². The first-order valence-electron chi connectivity index (χ1n) is 6.81. The molecule has 0 aromatic heterocycles. The zero-order valence-corrected chi connectivity index (χ0v) is 12.5. The smallest absolute Gasteiger partial charge is 0.106 e. The molecule has 1 aromatic rings. The lowest BCUT2D eigenvalue weighted by molar-refractivity contribution is 0.0216. The van der Waals surface area contributed by atoms with Gasteiger partial charge in [0, 0.05) is 31.5 Å². The van der Waals surface area contributed by atoms with Crippen molar-refractivity contribution in [2.75, 3.05) is 25.1 Å². The summed E-state index contributed by atoms with van der Waals surface area (Å²) in [7, 11) is 2.08. The van der Waals surface area contributed by atoms with Crippen molar-refractivity contribution < 1.29 is 4.74 Å². The maximum absolute atomic E-state index is 5.81. The van der Waals surface area contributed by atoms with E-state index in [1.165, 1.54) is 18.4 Å². The summed E-state index contributed by atoms with van der Waals surface area (Å²) in [5.41, 5.74) is 9.07. The van der Waals surface area contributed by atoms with E-state index < -0.39 is 0 Å². The van der Waals surface area contributed by atoms with E-state index in [9.17, 15) is 0 Å². The van der Waals surface area contributed by atoms with Gasteiger partial charge in [-0.25, -0.2) is 0 Å². The van der Waals surface area contributed by atoms with Crippen molar-refractivity contribution in [3.05, 3.63) is 29.3 Å². The fraction of sp³-hybridized carbons (Fsp3) is 0.533. The lowest BCUT2D eigenvalue weighted by atomic mass is 10.1. The van der Waals surface area contributed by atoms with Crippen LogP contribution in [0.25, 0.3) is 0 Å².